The molecule has 0 radical (unpaired) electrons. The van der Waals surface area contributed by atoms with Crippen LogP contribution in [0.2, 0.25) is 0 Å². The quantitative estimate of drug-likeness (QED) is 0.864. The van der Waals surface area contributed by atoms with Gasteiger partial charge in [-0.3, -0.25) is 0 Å². The number of hydrogen-bond donors (Lipinski definition) is 2. The Labute approximate surface area is 118 Å². The standard InChI is InChI=1S/C15H21NO4/c17-15(4-6-18-7-5-15)11-16-10-12-2-1-3-13-14(12)20-9-8-19-13/h1-3,16-17H,4-11H2. The SMILES string of the molecule is OC1(CNCc2cccc3c2OCCO3)CCOCC1. The first kappa shape index (κ1) is 13.7. The highest BCUT2D eigenvalue weighted by molar-refractivity contribution is 5.47. The summed E-state index contributed by atoms with van der Waals surface area (Å²) in [6.45, 7) is 3.69. The Morgan fingerprint density at radius 1 is 1.10 bits per heavy atom. The average molecular weight is 279 g/mol. The molecule has 0 saturated carbocycles. The van der Waals surface area contributed by atoms with Gasteiger partial charge in [0.05, 0.1) is 5.60 Å². The van der Waals surface area contributed by atoms with Crippen LogP contribution in [-0.4, -0.2) is 43.7 Å². The molecule has 2 heterocycles. The van der Waals surface area contributed by atoms with Crippen LogP contribution in [0.3, 0.4) is 0 Å². The second-order valence-electron chi connectivity index (χ2n) is 5.38. The van der Waals surface area contributed by atoms with Crippen molar-refractivity contribution < 1.29 is 19.3 Å². The Kier molecular flexibility index (Phi) is 4.10. The van der Waals surface area contributed by atoms with Gasteiger partial charge >= 0.3 is 0 Å². The molecule has 20 heavy (non-hydrogen) atoms. The van der Waals surface area contributed by atoms with Gasteiger partial charge in [0.1, 0.15) is 13.2 Å². The van der Waals surface area contributed by atoms with Gasteiger partial charge in [-0.1, -0.05) is 12.1 Å². The molecule has 1 aromatic rings. The molecule has 0 amide bonds. The van der Waals surface area contributed by atoms with Crippen molar-refractivity contribution in [3.63, 3.8) is 0 Å². The maximum atomic E-state index is 10.4. The van der Waals surface area contributed by atoms with Crippen molar-refractivity contribution in [2.45, 2.75) is 25.0 Å². The molecule has 0 bridgehead atoms. The number of hydrogen-bond acceptors (Lipinski definition) is 5. The molecule has 1 fully saturated rings. The Balaban J connectivity index is 1.58. The predicted molar refractivity (Wildman–Crippen MR) is 74.1 cm³/mol. The average Bonchev–Trinajstić information content (AvgIpc) is 2.48. The number of ether oxygens (including phenoxy) is 3. The summed E-state index contributed by atoms with van der Waals surface area (Å²) >= 11 is 0. The van der Waals surface area contributed by atoms with E-state index >= 15 is 0 Å². The van der Waals surface area contributed by atoms with Gasteiger partial charge in [-0.05, 0) is 6.07 Å². The van der Waals surface area contributed by atoms with Crippen LogP contribution in [0.15, 0.2) is 18.2 Å². The number of para-hydroxylation sites is 1. The van der Waals surface area contributed by atoms with Crippen LogP contribution in [0.25, 0.3) is 0 Å². The number of benzene rings is 1. The summed E-state index contributed by atoms with van der Waals surface area (Å²) in [5.74, 6) is 1.63. The maximum Gasteiger partial charge on any atom is 0.165 e. The molecule has 110 valence electrons. The molecule has 0 aliphatic carbocycles. The molecule has 0 spiro atoms. The first-order valence-electron chi connectivity index (χ1n) is 7.15. The third-order valence-electron chi connectivity index (χ3n) is 3.84. The molecule has 2 N–H and O–H groups in total. The number of nitrogens with one attached hydrogen (secondary N) is 1. The van der Waals surface area contributed by atoms with E-state index in [9.17, 15) is 5.11 Å². The van der Waals surface area contributed by atoms with E-state index in [4.69, 9.17) is 14.2 Å². The van der Waals surface area contributed by atoms with E-state index in [1.54, 1.807) is 0 Å². The third-order valence-corrected chi connectivity index (χ3v) is 3.84. The summed E-state index contributed by atoms with van der Waals surface area (Å²) in [4.78, 5) is 0. The summed E-state index contributed by atoms with van der Waals surface area (Å²) in [5, 5.41) is 13.7. The molecule has 3 rings (SSSR count). The highest BCUT2D eigenvalue weighted by Gasteiger charge is 2.29. The number of rotatable bonds is 4. The van der Waals surface area contributed by atoms with Crippen LogP contribution >= 0.6 is 0 Å². The smallest absolute Gasteiger partial charge is 0.165 e. The lowest BCUT2D eigenvalue weighted by atomic mass is 9.94. The predicted octanol–water partition coefficient (Wildman–Crippen LogP) is 1.09. The van der Waals surface area contributed by atoms with Crippen molar-refractivity contribution in [2.24, 2.45) is 0 Å². The van der Waals surface area contributed by atoms with Crippen molar-refractivity contribution in [1.82, 2.24) is 5.32 Å². The van der Waals surface area contributed by atoms with Gasteiger partial charge in [-0.2, -0.15) is 0 Å². The topological polar surface area (TPSA) is 60.0 Å². The highest BCUT2D eigenvalue weighted by Crippen LogP contribution is 2.33. The zero-order valence-electron chi connectivity index (χ0n) is 11.6. The molecule has 1 aromatic carbocycles. The van der Waals surface area contributed by atoms with Crippen LogP contribution in [-0.2, 0) is 11.3 Å². The second kappa shape index (κ2) is 5.99. The summed E-state index contributed by atoms with van der Waals surface area (Å²) in [5.41, 5.74) is 0.419. The first-order chi connectivity index (χ1) is 9.77. The van der Waals surface area contributed by atoms with Crippen LogP contribution < -0.4 is 14.8 Å². The third kappa shape index (κ3) is 3.06. The fourth-order valence-electron chi connectivity index (χ4n) is 2.63. The molecule has 5 nitrogen and oxygen atoms in total. The van der Waals surface area contributed by atoms with Gasteiger partial charge in [0, 0.05) is 44.7 Å². The number of fused-ring (bicyclic) bond motifs is 1. The minimum atomic E-state index is -0.648. The van der Waals surface area contributed by atoms with Gasteiger partial charge < -0.3 is 24.6 Å². The Morgan fingerprint density at radius 2 is 1.90 bits per heavy atom. The minimum absolute atomic E-state index is 0.570. The molecule has 0 aromatic heterocycles. The largest absolute Gasteiger partial charge is 0.486 e. The Bertz CT molecular complexity index is 457. The van der Waals surface area contributed by atoms with Gasteiger partial charge in [0.25, 0.3) is 0 Å². The fourth-order valence-corrected chi connectivity index (χ4v) is 2.63. The zero-order valence-corrected chi connectivity index (χ0v) is 11.6. The van der Waals surface area contributed by atoms with Crippen LogP contribution in [0.1, 0.15) is 18.4 Å². The molecular weight excluding hydrogens is 258 g/mol. The molecular formula is C15H21NO4. The first-order valence-corrected chi connectivity index (χ1v) is 7.15. The van der Waals surface area contributed by atoms with Crippen LogP contribution in [0, 0.1) is 0 Å². The molecule has 5 heteroatoms. The summed E-state index contributed by atoms with van der Waals surface area (Å²) < 4.78 is 16.5. The van der Waals surface area contributed by atoms with Crippen molar-refractivity contribution in [2.75, 3.05) is 33.0 Å². The van der Waals surface area contributed by atoms with Crippen LogP contribution in [0.5, 0.6) is 11.5 Å². The molecule has 0 atom stereocenters. The Hall–Kier alpha value is -1.30. The monoisotopic (exact) mass is 279 g/mol. The Morgan fingerprint density at radius 3 is 2.75 bits per heavy atom. The van der Waals surface area contributed by atoms with Gasteiger partial charge in [0.2, 0.25) is 0 Å². The van der Waals surface area contributed by atoms with E-state index in [2.05, 4.69) is 5.32 Å². The van der Waals surface area contributed by atoms with Gasteiger partial charge in [-0.25, -0.2) is 0 Å². The number of aliphatic hydroxyl groups is 1. The fraction of sp³-hybridized carbons (Fsp3) is 0.600. The van der Waals surface area contributed by atoms with E-state index in [1.165, 1.54) is 0 Å². The summed E-state index contributed by atoms with van der Waals surface area (Å²) in [7, 11) is 0. The zero-order chi connectivity index (χ0) is 13.8. The second-order valence-corrected chi connectivity index (χ2v) is 5.38. The van der Waals surface area contributed by atoms with Gasteiger partial charge in [-0.15, -0.1) is 0 Å². The van der Waals surface area contributed by atoms with E-state index in [-0.39, 0.29) is 0 Å². The van der Waals surface area contributed by atoms with Crippen molar-refractivity contribution >= 4 is 0 Å². The van der Waals surface area contributed by atoms with Crippen molar-refractivity contribution in [3.8, 4) is 11.5 Å². The van der Waals surface area contributed by atoms with Crippen molar-refractivity contribution in [1.29, 1.82) is 0 Å². The lowest BCUT2D eigenvalue weighted by molar-refractivity contribution is -0.0617. The summed E-state index contributed by atoms with van der Waals surface area (Å²) in [6, 6.07) is 5.91. The molecule has 0 unspecified atom stereocenters. The lowest BCUT2D eigenvalue weighted by Crippen LogP contribution is -2.44. The minimum Gasteiger partial charge on any atom is -0.486 e. The van der Waals surface area contributed by atoms with Crippen molar-refractivity contribution in [3.05, 3.63) is 23.8 Å². The van der Waals surface area contributed by atoms with Gasteiger partial charge in [0.15, 0.2) is 11.5 Å². The molecule has 2 aliphatic heterocycles. The van der Waals surface area contributed by atoms with E-state index in [1.807, 2.05) is 18.2 Å². The maximum absolute atomic E-state index is 10.4. The van der Waals surface area contributed by atoms with E-state index in [0.717, 1.165) is 17.1 Å². The van der Waals surface area contributed by atoms with E-state index < -0.39 is 5.60 Å². The highest BCUT2D eigenvalue weighted by atomic mass is 16.6. The molecule has 1 saturated heterocycles. The normalized spacial score (nSPS) is 20.6. The van der Waals surface area contributed by atoms with E-state index in [0.29, 0.717) is 52.4 Å². The lowest BCUT2D eigenvalue weighted by Gasteiger charge is -2.32. The molecule has 2 aliphatic rings. The summed E-state index contributed by atoms with van der Waals surface area (Å²) in [6.07, 6.45) is 1.37. The van der Waals surface area contributed by atoms with Crippen LogP contribution in [0.4, 0.5) is 0 Å².